The number of benzene rings is 3. The molecule has 0 saturated heterocycles. The summed E-state index contributed by atoms with van der Waals surface area (Å²) in [5.41, 5.74) is 5.68. The molecule has 3 aromatic rings. The maximum absolute atomic E-state index is 12.5. The smallest absolute Gasteiger partial charge is 0.338 e. The highest BCUT2D eigenvalue weighted by Crippen LogP contribution is 2.35. The fourth-order valence-corrected chi connectivity index (χ4v) is 4.87. The van der Waals surface area contributed by atoms with Crippen LogP contribution in [0.2, 0.25) is 0 Å². The van der Waals surface area contributed by atoms with E-state index in [1.165, 1.54) is 20.4 Å². The van der Waals surface area contributed by atoms with Gasteiger partial charge < -0.3 is 44.2 Å². The summed E-state index contributed by atoms with van der Waals surface area (Å²) in [7, 11) is 2.79. The van der Waals surface area contributed by atoms with E-state index in [0.29, 0.717) is 58.6 Å². The van der Waals surface area contributed by atoms with Gasteiger partial charge in [-0.15, -0.1) is 0 Å². The zero-order valence-electron chi connectivity index (χ0n) is 27.9. The number of allylic oxidation sites excluding steroid dienone is 1. The topological polar surface area (TPSA) is 175 Å². The van der Waals surface area contributed by atoms with Crippen molar-refractivity contribution in [2.45, 2.75) is 39.6 Å². The molecule has 0 unspecified atom stereocenters. The Hall–Kier alpha value is -5.76. The number of urea groups is 1. The monoisotopic (exact) mass is 676 g/mol. The quantitative estimate of drug-likeness (QED) is 0.0748. The molecular formula is C35H40N4O10. The van der Waals surface area contributed by atoms with Crippen molar-refractivity contribution in [3.8, 4) is 23.0 Å². The lowest BCUT2D eigenvalue weighted by Gasteiger charge is -2.28. The van der Waals surface area contributed by atoms with Crippen molar-refractivity contribution in [3.05, 3.63) is 94.2 Å². The molecule has 0 bridgehead atoms. The zero-order chi connectivity index (χ0) is 35.3. The number of esters is 2. The van der Waals surface area contributed by atoms with E-state index in [-0.39, 0.29) is 18.8 Å². The molecule has 2 amide bonds. The Morgan fingerprint density at radius 2 is 1.73 bits per heavy atom. The number of carbonyl (C=O) groups excluding carboxylic acids is 3. The van der Waals surface area contributed by atoms with Crippen LogP contribution in [0.1, 0.15) is 53.9 Å². The van der Waals surface area contributed by atoms with Gasteiger partial charge in [-0.2, -0.15) is 5.10 Å². The van der Waals surface area contributed by atoms with E-state index < -0.39 is 30.2 Å². The molecule has 260 valence electrons. The second-order valence-electron chi connectivity index (χ2n) is 10.5. The lowest BCUT2D eigenvalue weighted by atomic mass is 9.95. The summed E-state index contributed by atoms with van der Waals surface area (Å²) in [6, 6.07) is 15.9. The van der Waals surface area contributed by atoms with E-state index in [2.05, 4.69) is 21.2 Å². The normalized spacial score (nSPS) is 14.7. The maximum Gasteiger partial charge on any atom is 0.338 e. The van der Waals surface area contributed by atoms with Gasteiger partial charge in [-0.1, -0.05) is 24.3 Å². The molecule has 3 aromatic carbocycles. The van der Waals surface area contributed by atoms with Crippen molar-refractivity contribution >= 4 is 24.2 Å². The van der Waals surface area contributed by atoms with Crippen molar-refractivity contribution in [1.82, 2.24) is 16.1 Å². The second-order valence-corrected chi connectivity index (χ2v) is 10.5. The highest BCUT2D eigenvalue weighted by Gasteiger charge is 2.32. The van der Waals surface area contributed by atoms with Gasteiger partial charge in [-0.3, -0.25) is 5.43 Å². The van der Waals surface area contributed by atoms with Crippen LogP contribution >= 0.6 is 0 Å². The first-order valence-electron chi connectivity index (χ1n) is 15.5. The van der Waals surface area contributed by atoms with Crippen molar-refractivity contribution < 1.29 is 47.9 Å². The second kappa shape index (κ2) is 17.4. The number of nitrogens with one attached hydrogen (secondary N) is 3. The zero-order valence-corrected chi connectivity index (χ0v) is 27.9. The van der Waals surface area contributed by atoms with Crippen LogP contribution < -0.4 is 35.0 Å². The third kappa shape index (κ3) is 9.41. The van der Waals surface area contributed by atoms with Gasteiger partial charge in [0.1, 0.15) is 13.2 Å². The highest BCUT2D eigenvalue weighted by atomic mass is 16.5. The van der Waals surface area contributed by atoms with E-state index in [1.807, 2.05) is 0 Å². The minimum atomic E-state index is -1.21. The summed E-state index contributed by atoms with van der Waals surface area (Å²) in [6.07, 6.45) is 0.270. The third-order valence-electron chi connectivity index (χ3n) is 7.18. The summed E-state index contributed by atoms with van der Waals surface area (Å²) < 4.78 is 33.1. The Kier molecular flexibility index (Phi) is 12.8. The fraction of sp³-hybridized carbons (Fsp3) is 0.314. The molecule has 0 fully saturated rings. The molecule has 4 N–H and O–H groups in total. The first-order chi connectivity index (χ1) is 23.7. The summed E-state index contributed by atoms with van der Waals surface area (Å²) >= 11 is 0. The molecule has 1 aliphatic heterocycles. The van der Waals surface area contributed by atoms with Gasteiger partial charge in [-0.25, -0.2) is 14.4 Å². The lowest BCUT2D eigenvalue weighted by Crippen LogP contribution is -2.45. The Labute approximate surface area is 284 Å². The van der Waals surface area contributed by atoms with Crippen molar-refractivity contribution in [2.75, 3.05) is 34.0 Å². The first kappa shape index (κ1) is 36.1. The molecule has 0 aromatic heterocycles. The van der Waals surface area contributed by atoms with Crippen molar-refractivity contribution in [1.29, 1.82) is 0 Å². The predicted octanol–water partition coefficient (Wildman–Crippen LogP) is 3.97. The SMILES string of the molecule is CCOC(=O)c1ccc(COc2c(/C=N/N[C@H](O)COc3ccc([C@H]4NC(=O)NC(C)=C4C(=O)OC)cc3OCC)cccc2OC)cc1. The van der Waals surface area contributed by atoms with Crippen LogP contribution in [0.3, 0.4) is 0 Å². The fourth-order valence-electron chi connectivity index (χ4n) is 4.87. The number of aliphatic hydroxyl groups excluding tert-OH is 1. The van der Waals surface area contributed by atoms with Crippen LogP contribution in [-0.2, 0) is 20.9 Å². The van der Waals surface area contributed by atoms with Crippen LogP contribution in [0.4, 0.5) is 4.79 Å². The van der Waals surface area contributed by atoms with Crippen LogP contribution in [0.15, 0.2) is 77.0 Å². The number of hydrogen-bond acceptors (Lipinski definition) is 12. The minimum Gasteiger partial charge on any atom is -0.493 e. The van der Waals surface area contributed by atoms with Crippen LogP contribution in [0.25, 0.3) is 0 Å². The van der Waals surface area contributed by atoms with Crippen molar-refractivity contribution in [3.63, 3.8) is 0 Å². The number of para-hydroxylation sites is 1. The Morgan fingerprint density at radius 1 is 0.959 bits per heavy atom. The standard InChI is InChI=1S/C35H40N4O10/c1-6-46-28-17-24(31-30(34(42)45-5)21(3)37-35(43)38-31)15-16-26(28)48-20-29(40)39-36-18-25-9-8-10-27(44-4)32(25)49-19-22-11-13-23(14-12-22)33(41)47-7-2/h8-18,29,31,39-40H,6-7,19-20H2,1-5H3,(H2,37,38,43)/b36-18+/t29-,31-/m1/s1. The minimum absolute atomic E-state index is 0.194. The van der Waals surface area contributed by atoms with E-state index >= 15 is 0 Å². The van der Waals surface area contributed by atoms with Crippen LogP contribution in [-0.4, -0.2) is 69.6 Å². The molecular weight excluding hydrogens is 636 g/mol. The van der Waals surface area contributed by atoms with Gasteiger partial charge >= 0.3 is 18.0 Å². The van der Waals surface area contributed by atoms with Gasteiger partial charge in [0.15, 0.2) is 29.2 Å². The number of aliphatic hydroxyl groups is 1. The number of hydrazone groups is 1. The number of carbonyl (C=O) groups is 3. The Bertz CT molecular complexity index is 1690. The number of ether oxygens (including phenoxy) is 6. The third-order valence-corrected chi connectivity index (χ3v) is 7.18. The Morgan fingerprint density at radius 3 is 2.43 bits per heavy atom. The van der Waals surface area contributed by atoms with Gasteiger partial charge in [0.05, 0.1) is 50.8 Å². The number of nitrogens with zero attached hydrogens (tertiary/aromatic N) is 1. The number of rotatable bonds is 16. The molecule has 0 saturated carbocycles. The van der Waals surface area contributed by atoms with E-state index in [0.717, 1.165) is 5.56 Å². The molecule has 0 aliphatic carbocycles. The lowest BCUT2D eigenvalue weighted by molar-refractivity contribution is -0.136. The Balaban J connectivity index is 1.40. The number of amides is 2. The van der Waals surface area contributed by atoms with E-state index in [9.17, 15) is 19.5 Å². The summed E-state index contributed by atoms with van der Waals surface area (Å²) in [5.74, 6) is 0.614. The molecule has 4 rings (SSSR count). The average molecular weight is 677 g/mol. The summed E-state index contributed by atoms with van der Waals surface area (Å²) in [4.78, 5) is 36.6. The molecule has 0 spiro atoms. The summed E-state index contributed by atoms with van der Waals surface area (Å²) in [6.45, 7) is 5.77. The average Bonchev–Trinajstić information content (AvgIpc) is 3.10. The van der Waals surface area contributed by atoms with Gasteiger partial charge in [0, 0.05) is 11.3 Å². The number of hydrogen-bond donors (Lipinski definition) is 4. The number of methoxy groups -OCH3 is 2. The molecule has 1 heterocycles. The first-order valence-corrected chi connectivity index (χ1v) is 15.5. The molecule has 2 atom stereocenters. The van der Waals surface area contributed by atoms with E-state index in [1.54, 1.807) is 81.4 Å². The maximum atomic E-state index is 12.5. The molecule has 14 heteroatoms. The van der Waals surface area contributed by atoms with Crippen LogP contribution in [0.5, 0.6) is 23.0 Å². The van der Waals surface area contributed by atoms with Gasteiger partial charge in [0.2, 0.25) is 0 Å². The highest BCUT2D eigenvalue weighted by molar-refractivity contribution is 5.95. The largest absolute Gasteiger partial charge is 0.493 e. The van der Waals surface area contributed by atoms with Gasteiger partial charge in [-0.05, 0) is 68.3 Å². The molecule has 49 heavy (non-hydrogen) atoms. The predicted molar refractivity (Wildman–Crippen MR) is 179 cm³/mol. The molecule has 0 radical (unpaired) electrons. The van der Waals surface area contributed by atoms with E-state index in [4.69, 9.17) is 28.4 Å². The van der Waals surface area contributed by atoms with Crippen molar-refractivity contribution in [2.24, 2.45) is 5.10 Å². The summed E-state index contributed by atoms with van der Waals surface area (Å²) in [5, 5.41) is 20.1. The molecule has 1 aliphatic rings. The van der Waals surface area contributed by atoms with Crippen LogP contribution in [0, 0.1) is 0 Å². The van der Waals surface area contributed by atoms with Gasteiger partial charge in [0.25, 0.3) is 0 Å². The molecule has 14 nitrogen and oxygen atoms in total.